The van der Waals surface area contributed by atoms with E-state index in [1.165, 1.54) is 0 Å². The number of esters is 1. The lowest BCUT2D eigenvalue weighted by atomic mass is 10.1. The number of hydrogen-bond acceptors (Lipinski definition) is 4. The van der Waals surface area contributed by atoms with Crippen LogP contribution in [0.15, 0.2) is 59.2 Å². The van der Waals surface area contributed by atoms with Crippen LogP contribution in [0, 0.1) is 6.92 Å². The minimum absolute atomic E-state index is 0.290. The molecule has 0 atom stereocenters. The van der Waals surface area contributed by atoms with Crippen molar-refractivity contribution in [1.82, 2.24) is 0 Å². The second-order valence-electron chi connectivity index (χ2n) is 5.62. The highest BCUT2D eigenvalue weighted by atomic mass is 16.6. The highest BCUT2D eigenvalue weighted by molar-refractivity contribution is 6.12. The maximum atomic E-state index is 12.0. The van der Waals surface area contributed by atoms with Crippen LogP contribution >= 0.6 is 0 Å². The standard InChI is InChI=1S/C20H19NO3/c1-3-11-23-17-6-4-5-15(12-17)13-18-20(22)24-19(21-18)16-9-7-14(2)8-10-16/h4-10,12-13H,3,11H2,1-2H3/b18-13+. The molecular weight excluding hydrogens is 302 g/mol. The fourth-order valence-electron chi connectivity index (χ4n) is 2.30. The van der Waals surface area contributed by atoms with Crippen LogP contribution in [0.1, 0.15) is 30.0 Å². The van der Waals surface area contributed by atoms with Crippen molar-refractivity contribution >= 4 is 17.9 Å². The van der Waals surface area contributed by atoms with Gasteiger partial charge in [-0.3, -0.25) is 0 Å². The molecule has 0 amide bonds. The Morgan fingerprint density at radius 3 is 2.71 bits per heavy atom. The molecule has 4 nitrogen and oxygen atoms in total. The number of cyclic esters (lactones) is 1. The van der Waals surface area contributed by atoms with Crippen molar-refractivity contribution in [3.05, 3.63) is 70.9 Å². The smallest absolute Gasteiger partial charge is 0.363 e. The Hall–Kier alpha value is -2.88. The molecule has 2 aromatic carbocycles. The summed E-state index contributed by atoms with van der Waals surface area (Å²) >= 11 is 0. The maximum absolute atomic E-state index is 12.0. The summed E-state index contributed by atoms with van der Waals surface area (Å²) in [5.74, 6) is 0.676. The summed E-state index contributed by atoms with van der Waals surface area (Å²) in [5.41, 5.74) is 3.07. The summed E-state index contributed by atoms with van der Waals surface area (Å²) in [7, 11) is 0. The van der Waals surface area contributed by atoms with E-state index in [-0.39, 0.29) is 0 Å². The van der Waals surface area contributed by atoms with E-state index in [0.29, 0.717) is 18.2 Å². The fraction of sp³-hybridized carbons (Fsp3) is 0.200. The highest BCUT2D eigenvalue weighted by Crippen LogP contribution is 2.21. The van der Waals surface area contributed by atoms with Gasteiger partial charge in [0.2, 0.25) is 5.90 Å². The van der Waals surface area contributed by atoms with E-state index in [2.05, 4.69) is 11.9 Å². The van der Waals surface area contributed by atoms with Crippen molar-refractivity contribution in [3.8, 4) is 5.75 Å². The second-order valence-corrected chi connectivity index (χ2v) is 5.62. The van der Waals surface area contributed by atoms with E-state index in [1.807, 2.05) is 55.5 Å². The zero-order valence-electron chi connectivity index (χ0n) is 13.8. The lowest BCUT2D eigenvalue weighted by molar-refractivity contribution is -0.129. The van der Waals surface area contributed by atoms with Crippen LogP contribution < -0.4 is 4.74 Å². The van der Waals surface area contributed by atoms with Gasteiger partial charge in [-0.1, -0.05) is 36.8 Å². The number of benzene rings is 2. The van der Waals surface area contributed by atoms with E-state index in [1.54, 1.807) is 6.08 Å². The summed E-state index contributed by atoms with van der Waals surface area (Å²) in [4.78, 5) is 16.4. The van der Waals surface area contributed by atoms with Gasteiger partial charge in [0.05, 0.1) is 6.61 Å². The molecule has 1 aliphatic rings. The second kappa shape index (κ2) is 7.13. The van der Waals surface area contributed by atoms with E-state index in [9.17, 15) is 4.79 Å². The average Bonchev–Trinajstić information content (AvgIpc) is 2.95. The molecule has 122 valence electrons. The van der Waals surface area contributed by atoms with Crippen molar-refractivity contribution in [2.24, 2.45) is 4.99 Å². The molecule has 2 aromatic rings. The molecule has 0 saturated heterocycles. The molecule has 1 heterocycles. The number of aliphatic imine (C=N–C) groups is 1. The van der Waals surface area contributed by atoms with Crippen LogP contribution in [0.25, 0.3) is 6.08 Å². The number of carbonyl (C=O) groups excluding carboxylic acids is 1. The Morgan fingerprint density at radius 2 is 1.96 bits per heavy atom. The lowest BCUT2D eigenvalue weighted by Crippen LogP contribution is -2.05. The first-order valence-electron chi connectivity index (χ1n) is 7.98. The molecule has 0 saturated carbocycles. The first-order chi connectivity index (χ1) is 11.7. The van der Waals surface area contributed by atoms with E-state index < -0.39 is 5.97 Å². The van der Waals surface area contributed by atoms with Crippen molar-refractivity contribution in [2.45, 2.75) is 20.3 Å². The van der Waals surface area contributed by atoms with Crippen molar-refractivity contribution < 1.29 is 14.3 Å². The fourth-order valence-corrected chi connectivity index (χ4v) is 2.30. The third-order valence-electron chi connectivity index (χ3n) is 3.55. The first-order valence-corrected chi connectivity index (χ1v) is 7.98. The van der Waals surface area contributed by atoms with Gasteiger partial charge < -0.3 is 9.47 Å². The predicted octanol–water partition coefficient (Wildman–Crippen LogP) is 4.13. The van der Waals surface area contributed by atoms with Crippen molar-refractivity contribution in [3.63, 3.8) is 0 Å². The van der Waals surface area contributed by atoms with Crippen molar-refractivity contribution in [1.29, 1.82) is 0 Å². The van der Waals surface area contributed by atoms with Crippen LogP contribution in [0.2, 0.25) is 0 Å². The number of nitrogens with zero attached hydrogens (tertiary/aromatic N) is 1. The van der Waals surface area contributed by atoms with Crippen molar-refractivity contribution in [2.75, 3.05) is 6.61 Å². The molecule has 3 rings (SSSR count). The third kappa shape index (κ3) is 3.71. The van der Waals surface area contributed by atoms with Crippen LogP contribution in [-0.2, 0) is 9.53 Å². The van der Waals surface area contributed by atoms with E-state index in [0.717, 1.165) is 28.9 Å². The molecular formula is C20H19NO3. The summed E-state index contributed by atoms with van der Waals surface area (Å²) < 4.78 is 10.9. The highest BCUT2D eigenvalue weighted by Gasteiger charge is 2.24. The van der Waals surface area contributed by atoms with Gasteiger partial charge in [0.25, 0.3) is 0 Å². The Morgan fingerprint density at radius 1 is 1.17 bits per heavy atom. The molecule has 0 aliphatic carbocycles. The van der Waals surface area contributed by atoms with Gasteiger partial charge in [0.1, 0.15) is 5.75 Å². The molecule has 24 heavy (non-hydrogen) atoms. The van der Waals surface area contributed by atoms with Crippen LogP contribution in [0.5, 0.6) is 5.75 Å². The lowest BCUT2D eigenvalue weighted by Gasteiger charge is -2.04. The molecule has 0 spiro atoms. The Balaban J connectivity index is 1.84. The number of rotatable bonds is 5. The van der Waals surface area contributed by atoms with Gasteiger partial charge >= 0.3 is 5.97 Å². The number of aryl methyl sites for hydroxylation is 1. The topological polar surface area (TPSA) is 47.9 Å². The molecule has 0 unspecified atom stereocenters. The quantitative estimate of drug-likeness (QED) is 0.614. The molecule has 0 bridgehead atoms. The summed E-state index contributed by atoms with van der Waals surface area (Å²) in [6, 6.07) is 15.3. The van der Waals surface area contributed by atoms with Gasteiger partial charge in [-0.05, 0) is 49.2 Å². The summed E-state index contributed by atoms with van der Waals surface area (Å²) in [5, 5.41) is 0. The van der Waals surface area contributed by atoms with Gasteiger partial charge in [0, 0.05) is 5.56 Å². The molecule has 0 radical (unpaired) electrons. The van der Waals surface area contributed by atoms with Gasteiger partial charge in [-0.25, -0.2) is 9.79 Å². The molecule has 4 heteroatoms. The molecule has 0 N–H and O–H groups in total. The number of carbonyl (C=O) groups is 1. The SMILES string of the molecule is CCCOc1cccc(/C=C2/N=C(c3ccc(C)cc3)OC2=O)c1. The molecule has 0 aromatic heterocycles. The van der Waals surface area contributed by atoms with Crippen LogP contribution in [-0.4, -0.2) is 18.5 Å². The minimum atomic E-state index is -0.439. The van der Waals surface area contributed by atoms with E-state index >= 15 is 0 Å². The zero-order valence-corrected chi connectivity index (χ0v) is 13.8. The first kappa shape index (κ1) is 16.0. The van der Waals surface area contributed by atoms with E-state index in [4.69, 9.17) is 9.47 Å². The summed E-state index contributed by atoms with van der Waals surface area (Å²) in [6.45, 7) is 4.73. The predicted molar refractivity (Wildman–Crippen MR) is 94.0 cm³/mol. The zero-order chi connectivity index (χ0) is 16.9. The Kier molecular flexibility index (Phi) is 4.75. The number of hydrogen-bond donors (Lipinski definition) is 0. The normalized spacial score (nSPS) is 15.3. The monoisotopic (exact) mass is 321 g/mol. The van der Waals surface area contributed by atoms with Gasteiger partial charge in [-0.15, -0.1) is 0 Å². The Labute approximate surface area is 141 Å². The molecule has 0 fully saturated rings. The van der Waals surface area contributed by atoms with Crippen LogP contribution in [0.3, 0.4) is 0 Å². The Bertz CT molecular complexity index is 804. The third-order valence-corrected chi connectivity index (χ3v) is 3.55. The van der Waals surface area contributed by atoms with Gasteiger partial charge in [0.15, 0.2) is 5.70 Å². The van der Waals surface area contributed by atoms with Gasteiger partial charge in [-0.2, -0.15) is 0 Å². The number of ether oxygens (including phenoxy) is 2. The minimum Gasteiger partial charge on any atom is -0.494 e. The largest absolute Gasteiger partial charge is 0.494 e. The summed E-state index contributed by atoms with van der Waals surface area (Å²) in [6.07, 6.45) is 2.66. The average molecular weight is 321 g/mol. The van der Waals surface area contributed by atoms with Crippen LogP contribution in [0.4, 0.5) is 0 Å². The maximum Gasteiger partial charge on any atom is 0.363 e. The molecule has 1 aliphatic heterocycles.